The summed E-state index contributed by atoms with van der Waals surface area (Å²) in [6, 6.07) is 10.8. The highest BCUT2D eigenvalue weighted by Gasteiger charge is 2.00. The van der Waals surface area contributed by atoms with E-state index in [2.05, 4.69) is 42.6 Å². The molecule has 0 amide bonds. The Kier molecular flexibility index (Phi) is 1.59. The molecule has 0 saturated heterocycles. The normalized spacial score (nSPS) is 10.3. The van der Waals surface area contributed by atoms with E-state index < -0.39 is 0 Å². The van der Waals surface area contributed by atoms with Crippen LogP contribution in [0.4, 0.5) is 0 Å². The van der Waals surface area contributed by atoms with Gasteiger partial charge in [0, 0.05) is 11.5 Å². The third-order valence-electron chi connectivity index (χ3n) is 1.72. The smallest absolute Gasteiger partial charge is 0.0583 e. The van der Waals surface area contributed by atoms with Crippen LogP contribution in [-0.2, 0) is 0 Å². The monoisotopic (exact) mass is 161 g/mol. The quantitative estimate of drug-likeness (QED) is 0.519. The van der Waals surface area contributed by atoms with Crippen molar-refractivity contribution >= 4 is 21.4 Å². The predicted molar refractivity (Wildman–Crippen MR) is 51.0 cm³/mol. The summed E-state index contributed by atoms with van der Waals surface area (Å²) in [7, 11) is 0. The van der Waals surface area contributed by atoms with E-state index in [1.807, 2.05) is 0 Å². The molecule has 54 valence electrons. The van der Waals surface area contributed by atoms with Gasteiger partial charge in [0.25, 0.3) is 0 Å². The van der Waals surface area contributed by atoms with Gasteiger partial charge in [0.05, 0.1) is 0 Å². The Labute approximate surface area is 70.1 Å². The van der Waals surface area contributed by atoms with Gasteiger partial charge in [0.1, 0.15) is 0 Å². The fourth-order valence-electron chi connectivity index (χ4n) is 1.14. The molecule has 2 aromatic rings. The fraction of sp³-hybridized carbons (Fsp3) is 0.100. The minimum Gasteiger partial charge on any atom is -0.0583 e. The summed E-state index contributed by atoms with van der Waals surface area (Å²) in [5, 5.41) is 3.45. The van der Waals surface area contributed by atoms with Crippen LogP contribution in [0.5, 0.6) is 0 Å². The molecule has 0 fully saturated rings. The molecule has 0 aliphatic carbocycles. The Hall–Kier alpha value is -0.950. The lowest BCUT2D eigenvalue weighted by Gasteiger charge is -1.88. The highest BCUT2D eigenvalue weighted by Crippen LogP contribution is 2.18. The van der Waals surface area contributed by atoms with Crippen molar-refractivity contribution in [3.63, 3.8) is 0 Å². The maximum absolute atomic E-state index is 2.22. The summed E-state index contributed by atoms with van der Waals surface area (Å²) in [6.07, 6.45) is 0. The predicted octanol–water partition coefficient (Wildman–Crippen LogP) is 3.49. The van der Waals surface area contributed by atoms with Crippen LogP contribution in [-0.4, -0.2) is 0 Å². The highest BCUT2D eigenvalue weighted by atomic mass is 32.1. The number of hydrogen-bond acceptors (Lipinski definition) is 0. The van der Waals surface area contributed by atoms with Gasteiger partial charge in [-0.1, -0.05) is 6.07 Å². The minimum atomic E-state index is 1.33. The second-order valence-corrected chi connectivity index (χ2v) is 3.60. The standard InChI is InChI=1S/C10H9S/c1-8-4-5-9-3-2-6-11-10(9)7-8/h2-7H,1H3/q+1. The lowest BCUT2D eigenvalue weighted by Crippen LogP contribution is -1.70. The van der Waals surface area contributed by atoms with Crippen LogP contribution in [0.25, 0.3) is 10.1 Å². The molecular weight excluding hydrogens is 152 g/mol. The summed E-state index contributed by atoms with van der Waals surface area (Å²) in [4.78, 5) is 0. The first-order chi connectivity index (χ1) is 5.36. The summed E-state index contributed by atoms with van der Waals surface area (Å²) >= 11 is 1.79. The molecule has 1 aromatic heterocycles. The van der Waals surface area contributed by atoms with Crippen molar-refractivity contribution in [3.8, 4) is 0 Å². The van der Waals surface area contributed by atoms with Gasteiger partial charge in [0.15, 0.2) is 5.38 Å². The van der Waals surface area contributed by atoms with Gasteiger partial charge >= 0.3 is 0 Å². The minimum absolute atomic E-state index is 1.33. The van der Waals surface area contributed by atoms with Crippen LogP contribution in [0.2, 0.25) is 0 Å². The van der Waals surface area contributed by atoms with Crippen molar-refractivity contribution < 1.29 is 0 Å². The molecular formula is C10H9S+. The van der Waals surface area contributed by atoms with Crippen LogP contribution in [0.1, 0.15) is 5.56 Å². The molecule has 1 heteroatoms. The zero-order valence-electron chi connectivity index (χ0n) is 6.37. The second kappa shape index (κ2) is 2.59. The van der Waals surface area contributed by atoms with E-state index in [1.165, 1.54) is 15.6 Å². The van der Waals surface area contributed by atoms with Gasteiger partial charge in [-0.05, 0) is 30.7 Å². The molecule has 0 spiro atoms. The summed E-state index contributed by atoms with van der Waals surface area (Å²) in [5.74, 6) is 0. The van der Waals surface area contributed by atoms with Crippen molar-refractivity contribution in [2.75, 3.05) is 0 Å². The van der Waals surface area contributed by atoms with Gasteiger partial charge < -0.3 is 0 Å². The van der Waals surface area contributed by atoms with Crippen LogP contribution in [0.15, 0.2) is 35.7 Å². The average molecular weight is 161 g/mol. The Morgan fingerprint density at radius 2 is 2.09 bits per heavy atom. The van der Waals surface area contributed by atoms with E-state index in [9.17, 15) is 0 Å². The Bertz CT molecular complexity index is 379. The maximum Gasteiger partial charge on any atom is 0.238 e. The van der Waals surface area contributed by atoms with E-state index in [4.69, 9.17) is 0 Å². The molecule has 1 aromatic carbocycles. The molecule has 2 rings (SSSR count). The summed E-state index contributed by atoms with van der Waals surface area (Å²) in [6.45, 7) is 2.12. The van der Waals surface area contributed by atoms with Gasteiger partial charge in [-0.25, -0.2) is 0 Å². The van der Waals surface area contributed by atoms with E-state index >= 15 is 0 Å². The molecule has 0 aliphatic heterocycles. The first-order valence-electron chi connectivity index (χ1n) is 3.63. The first-order valence-corrected chi connectivity index (χ1v) is 4.51. The molecule has 1 heterocycles. The number of rotatable bonds is 0. The molecule has 0 nitrogen and oxygen atoms in total. The zero-order valence-corrected chi connectivity index (χ0v) is 7.19. The summed E-state index contributed by atoms with van der Waals surface area (Å²) in [5.41, 5.74) is 1.33. The van der Waals surface area contributed by atoms with Crippen LogP contribution in [0.3, 0.4) is 0 Å². The van der Waals surface area contributed by atoms with Crippen molar-refractivity contribution in [3.05, 3.63) is 41.3 Å². The van der Waals surface area contributed by atoms with Crippen LogP contribution < -0.4 is 0 Å². The molecule has 0 atom stereocenters. The van der Waals surface area contributed by atoms with Crippen molar-refractivity contribution in [1.82, 2.24) is 0 Å². The third-order valence-corrected chi connectivity index (χ3v) is 2.62. The molecule has 11 heavy (non-hydrogen) atoms. The Balaban J connectivity index is 2.83. The topological polar surface area (TPSA) is 0 Å². The molecule has 0 aliphatic rings. The van der Waals surface area contributed by atoms with Gasteiger partial charge in [0.2, 0.25) is 16.0 Å². The highest BCUT2D eigenvalue weighted by molar-refractivity contribution is 7.16. The SMILES string of the molecule is Cc1ccc2ccc[s+]c2c1. The second-order valence-electron chi connectivity index (χ2n) is 2.65. The van der Waals surface area contributed by atoms with Gasteiger partial charge in [-0.3, -0.25) is 0 Å². The Morgan fingerprint density at radius 1 is 1.18 bits per heavy atom. The average Bonchev–Trinajstić information content (AvgIpc) is 2.04. The lowest BCUT2D eigenvalue weighted by atomic mass is 10.2. The van der Waals surface area contributed by atoms with Gasteiger partial charge in [-0.15, -0.1) is 0 Å². The number of hydrogen-bond donors (Lipinski definition) is 0. The van der Waals surface area contributed by atoms with Crippen LogP contribution >= 0.6 is 11.3 Å². The summed E-state index contributed by atoms with van der Waals surface area (Å²) < 4.78 is 1.37. The first kappa shape index (κ1) is 6.74. The molecule has 0 bridgehead atoms. The largest absolute Gasteiger partial charge is 0.238 e. The molecule has 0 saturated carbocycles. The number of benzene rings is 1. The molecule has 0 radical (unpaired) electrons. The van der Waals surface area contributed by atoms with Crippen molar-refractivity contribution in [2.24, 2.45) is 0 Å². The molecule has 0 N–H and O–H groups in total. The third kappa shape index (κ3) is 1.24. The van der Waals surface area contributed by atoms with Gasteiger partial charge in [-0.2, -0.15) is 0 Å². The van der Waals surface area contributed by atoms with Crippen molar-refractivity contribution in [1.29, 1.82) is 0 Å². The number of fused-ring (bicyclic) bond motifs is 1. The van der Waals surface area contributed by atoms with E-state index in [1.54, 1.807) is 11.3 Å². The zero-order chi connectivity index (χ0) is 7.68. The van der Waals surface area contributed by atoms with E-state index in [0.717, 1.165) is 0 Å². The van der Waals surface area contributed by atoms with E-state index in [-0.39, 0.29) is 0 Å². The van der Waals surface area contributed by atoms with Crippen LogP contribution in [0, 0.1) is 6.92 Å². The van der Waals surface area contributed by atoms with Crippen molar-refractivity contribution in [2.45, 2.75) is 6.92 Å². The molecule has 0 unspecified atom stereocenters. The fourth-order valence-corrected chi connectivity index (χ4v) is 1.97. The lowest BCUT2D eigenvalue weighted by molar-refractivity contribution is 1.52. The Morgan fingerprint density at radius 3 is 3.00 bits per heavy atom. The maximum atomic E-state index is 2.22. The number of aryl methyl sites for hydroxylation is 1. The van der Waals surface area contributed by atoms with E-state index in [0.29, 0.717) is 0 Å².